The fourth-order valence-corrected chi connectivity index (χ4v) is 17.6. The Morgan fingerprint density at radius 3 is 1.35 bits per heavy atom. The van der Waals surface area contributed by atoms with Crippen molar-refractivity contribution in [3.8, 4) is 0 Å². The van der Waals surface area contributed by atoms with E-state index in [2.05, 4.69) is 48.8 Å². The van der Waals surface area contributed by atoms with E-state index in [4.69, 9.17) is 17.7 Å². The first-order chi connectivity index (χ1) is 17.1. The number of hydrogen-bond donors (Lipinski definition) is 2. The Balaban J connectivity index is 4.22. The van der Waals surface area contributed by atoms with Gasteiger partial charge in [-0.15, -0.1) is 0 Å². The van der Waals surface area contributed by atoms with Crippen LogP contribution in [0.5, 0.6) is 0 Å². The smallest absolute Gasteiger partial charge is 0.371 e. The zero-order valence-electron chi connectivity index (χ0n) is 22.9. The first kappa shape index (κ1) is 35.7. The molecule has 0 aromatic rings. The summed E-state index contributed by atoms with van der Waals surface area (Å²) in [6, 6.07) is 1.70. The van der Waals surface area contributed by atoms with Gasteiger partial charge >= 0.3 is 20.5 Å². The summed E-state index contributed by atoms with van der Waals surface area (Å²) in [4.78, 5) is 41.9. The summed E-state index contributed by atoms with van der Waals surface area (Å²) in [5.41, 5.74) is 0. The normalized spacial score (nSPS) is 14.1. The van der Waals surface area contributed by atoms with Crippen molar-refractivity contribution in [3.63, 3.8) is 0 Å². The zero-order valence-corrected chi connectivity index (χ0v) is 25.9. The summed E-state index contributed by atoms with van der Waals surface area (Å²) >= 11 is 0. The molecule has 0 rings (SSSR count). The van der Waals surface area contributed by atoms with Crippen LogP contribution in [0.25, 0.3) is 0 Å². The molecule has 0 aromatic heterocycles. The van der Waals surface area contributed by atoms with E-state index in [-0.39, 0.29) is 39.0 Å². The molecule has 0 aromatic carbocycles. The van der Waals surface area contributed by atoms with Gasteiger partial charge in [0.15, 0.2) is 16.6 Å². The SMILES string of the molecule is C[Si](C)(CCCOCC(O)COC(=O)C=O)O[Si](C)(C)O[Si](C)(C)CCCOCC(O)COC(=O)C=O. The topological polar surface area (TPSA) is 164 Å². The van der Waals surface area contributed by atoms with E-state index in [1.54, 1.807) is 0 Å². The van der Waals surface area contributed by atoms with Crippen molar-refractivity contribution in [2.75, 3.05) is 39.6 Å². The first-order valence-electron chi connectivity index (χ1n) is 12.3. The van der Waals surface area contributed by atoms with Crippen LogP contribution in [0.2, 0.25) is 51.4 Å². The van der Waals surface area contributed by atoms with Crippen molar-refractivity contribution in [1.82, 2.24) is 0 Å². The van der Waals surface area contributed by atoms with Crippen molar-refractivity contribution < 1.29 is 56.6 Å². The average molecular weight is 585 g/mol. The minimum Gasteiger partial charge on any atom is -0.457 e. The lowest BCUT2D eigenvalue weighted by Gasteiger charge is -2.38. The molecular formula is C22H44O12Si3. The van der Waals surface area contributed by atoms with Crippen LogP contribution in [-0.2, 0) is 46.4 Å². The molecular weight excluding hydrogens is 540 g/mol. The van der Waals surface area contributed by atoms with Crippen LogP contribution in [0.1, 0.15) is 12.8 Å². The maximum Gasteiger partial charge on any atom is 0.371 e. The second-order valence-electron chi connectivity index (χ2n) is 10.3. The maximum atomic E-state index is 10.8. The molecule has 0 bridgehead atoms. The highest BCUT2D eigenvalue weighted by atomic mass is 28.5. The van der Waals surface area contributed by atoms with E-state index in [0.29, 0.717) is 13.2 Å². The summed E-state index contributed by atoms with van der Waals surface area (Å²) in [5.74, 6) is -2.04. The molecule has 37 heavy (non-hydrogen) atoms. The molecule has 0 saturated carbocycles. The Morgan fingerprint density at radius 2 is 1.03 bits per heavy atom. The Hall–Kier alpha value is -1.31. The van der Waals surface area contributed by atoms with E-state index in [1.165, 1.54) is 0 Å². The van der Waals surface area contributed by atoms with E-state index in [9.17, 15) is 29.4 Å². The highest BCUT2D eigenvalue weighted by molar-refractivity contribution is 6.87. The second kappa shape index (κ2) is 18.1. The second-order valence-corrected chi connectivity index (χ2v) is 22.8. The molecule has 0 radical (unpaired) electrons. The molecule has 0 aliphatic carbocycles. The van der Waals surface area contributed by atoms with Gasteiger partial charge in [0.2, 0.25) is 12.6 Å². The monoisotopic (exact) mass is 584 g/mol. The Kier molecular flexibility index (Phi) is 17.4. The van der Waals surface area contributed by atoms with Gasteiger partial charge in [-0.2, -0.15) is 0 Å². The number of carbonyl (C=O) groups is 4. The van der Waals surface area contributed by atoms with Crippen molar-refractivity contribution in [2.45, 2.75) is 76.4 Å². The molecule has 216 valence electrons. The molecule has 0 fully saturated rings. The van der Waals surface area contributed by atoms with E-state index < -0.39 is 49.3 Å². The predicted molar refractivity (Wildman–Crippen MR) is 141 cm³/mol. The van der Waals surface area contributed by atoms with Gasteiger partial charge in [-0.1, -0.05) is 0 Å². The third-order valence-electron chi connectivity index (χ3n) is 4.83. The summed E-state index contributed by atoms with van der Waals surface area (Å²) in [5, 5.41) is 19.4. The third-order valence-corrected chi connectivity index (χ3v) is 16.3. The summed E-state index contributed by atoms with van der Waals surface area (Å²) in [6.45, 7) is 13.0. The largest absolute Gasteiger partial charge is 0.457 e. The number of hydrogen-bond acceptors (Lipinski definition) is 12. The summed E-state index contributed by atoms with van der Waals surface area (Å²) in [6.07, 6.45) is -0.374. The number of aliphatic hydroxyl groups is 2. The molecule has 0 saturated heterocycles. The van der Waals surface area contributed by atoms with Crippen molar-refractivity contribution in [2.24, 2.45) is 0 Å². The Labute approximate surface area is 222 Å². The third kappa shape index (κ3) is 20.3. The Bertz CT molecular complexity index is 646. The van der Waals surface area contributed by atoms with E-state index in [0.717, 1.165) is 24.9 Å². The van der Waals surface area contributed by atoms with Crippen LogP contribution >= 0.6 is 0 Å². The number of ether oxygens (including phenoxy) is 4. The predicted octanol–water partition coefficient (Wildman–Crippen LogP) is 1.15. The molecule has 0 spiro atoms. The van der Waals surface area contributed by atoms with Gasteiger partial charge in [-0.3, -0.25) is 9.59 Å². The Morgan fingerprint density at radius 1 is 0.676 bits per heavy atom. The lowest BCUT2D eigenvalue weighted by molar-refractivity contribution is -0.152. The van der Waals surface area contributed by atoms with Gasteiger partial charge in [-0.25, -0.2) is 9.59 Å². The molecule has 0 aliphatic rings. The number of aliphatic hydroxyl groups excluding tert-OH is 2. The van der Waals surface area contributed by atoms with Crippen LogP contribution in [0, 0.1) is 0 Å². The quantitative estimate of drug-likeness (QED) is 0.0614. The van der Waals surface area contributed by atoms with Gasteiger partial charge in [0.25, 0.3) is 0 Å². The highest BCUT2D eigenvalue weighted by Gasteiger charge is 2.39. The lowest BCUT2D eigenvalue weighted by Crippen LogP contribution is -2.52. The summed E-state index contributed by atoms with van der Waals surface area (Å²) in [7, 11) is -6.45. The van der Waals surface area contributed by atoms with Gasteiger partial charge < -0.3 is 37.4 Å². The number of rotatable bonds is 22. The minimum atomic E-state index is -2.39. The average Bonchev–Trinajstić information content (AvgIpc) is 2.78. The molecule has 2 unspecified atom stereocenters. The molecule has 0 heterocycles. The standard InChI is InChI=1S/C22H44O12Si3/c1-35(2,11-7-9-29-15-19(25)17-31-21(27)13-23)33-37(5,6)34-36(3,4)12-8-10-30-16-20(26)18-32-22(28)14-24/h13-14,19-20,25-26H,7-12,15-18H2,1-6H3. The van der Waals surface area contributed by atoms with Crippen molar-refractivity contribution >= 4 is 49.7 Å². The molecule has 12 nitrogen and oxygen atoms in total. The van der Waals surface area contributed by atoms with Gasteiger partial charge in [0.05, 0.1) is 13.2 Å². The van der Waals surface area contributed by atoms with Crippen LogP contribution in [0.4, 0.5) is 0 Å². The van der Waals surface area contributed by atoms with Crippen LogP contribution in [-0.4, -0.2) is 112 Å². The van der Waals surface area contributed by atoms with Gasteiger partial charge in [0, 0.05) is 13.2 Å². The number of esters is 2. The van der Waals surface area contributed by atoms with Gasteiger partial charge in [0.1, 0.15) is 25.4 Å². The number of carbonyl (C=O) groups excluding carboxylic acids is 4. The van der Waals surface area contributed by atoms with Crippen molar-refractivity contribution in [3.05, 3.63) is 0 Å². The maximum absolute atomic E-state index is 10.8. The van der Waals surface area contributed by atoms with Crippen LogP contribution in [0.3, 0.4) is 0 Å². The highest BCUT2D eigenvalue weighted by Crippen LogP contribution is 2.26. The van der Waals surface area contributed by atoms with Gasteiger partial charge in [-0.05, 0) is 64.2 Å². The van der Waals surface area contributed by atoms with E-state index >= 15 is 0 Å². The fourth-order valence-electron chi connectivity index (χ4n) is 3.61. The fraction of sp³-hybridized carbons (Fsp3) is 0.818. The molecule has 15 heteroatoms. The van der Waals surface area contributed by atoms with Crippen LogP contribution < -0.4 is 0 Å². The first-order valence-corrected chi connectivity index (χ1v) is 21.3. The minimum absolute atomic E-state index is 0.00835. The molecule has 0 amide bonds. The van der Waals surface area contributed by atoms with Crippen molar-refractivity contribution in [1.29, 1.82) is 0 Å². The molecule has 2 atom stereocenters. The van der Waals surface area contributed by atoms with E-state index in [1.807, 2.05) is 0 Å². The number of aldehydes is 2. The van der Waals surface area contributed by atoms with Crippen LogP contribution in [0.15, 0.2) is 0 Å². The summed E-state index contributed by atoms with van der Waals surface area (Å²) < 4.78 is 33.0. The molecule has 2 N–H and O–H groups in total. The lowest BCUT2D eigenvalue weighted by atomic mass is 10.4. The molecule has 0 aliphatic heterocycles. The zero-order chi connectivity index (χ0) is 28.5.